The van der Waals surface area contributed by atoms with Gasteiger partial charge in [-0.3, -0.25) is 0 Å². The van der Waals surface area contributed by atoms with Crippen LogP contribution in [-0.2, 0) is 0 Å². The molecule has 1 aromatic carbocycles. The molecule has 0 fully saturated rings. The van der Waals surface area contributed by atoms with Gasteiger partial charge in [0.1, 0.15) is 5.69 Å². The van der Waals surface area contributed by atoms with Gasteiger partial charge in [-0.05, 0) is 12.5 Å². The van der Waals surface area contributed by atoms with Crippen LogP contribution in [0.4, 0.5) is 0 Å². The second kappa shape index (κ2) is 5.42. The number of benzene rings is 1. The van der Waals surface area contributed by atoms with E-state index in [1.165, 1.54) is 20.3 Å². The highest BCUT2D eigenvalue weighted by Gasteiger charge is 2.22. The van der Waals surface area contributed by atoms with Crippen molar-refractivity contribution < 1.29 is 23.9 Å². The van der Waals surface area contributed by atoms with Crippen molar-refractivity contribution in [2.45, 2.75) is 6.92 Å². The van der Waals surface area contributed by atoms with Crippen LogP contribution >= 0.6 is 11.6 Å². The average Bonchev–Trinajstić information content (AvgIpc) is 2.90. The second-order valence-electron chi connectivity index (χ2n) is 3.98. The summed E-state index contributed by atoms with van der Waals surface area (Å²) in [4.78, 5) is 10.9. The Hall–Kier alpha value is -2.21. The van der Waals surface area contributed by atoms with Crippen molar-refractivity contribution in [3.63, 3.8) is 0 Å². The lowest BCUT2D eigenvalue weighted by Gasteiger charge is -2.14. The Morgan fingerprint density at radius 1 is 1.35 bits per heavy atom. The first-order valence-electron chi connectivity index (χ1n) is 5.61. The number of ether oxygens (including phenoxy) is 2. The summed E-state index contributed by atoms with van der Waals surface area (Å²) < 4.78 is 15.3. The fourth-order valence-corrected chi connectivity index (χ4v) is 2.05. The molecule has 1 heterocycles. The summed E-state index contributed by atoms with van der Waals surface area (Å²) in [5.74, 6) is -0.618. The van der Waals surface area contributed by atoms with E-state index >= 15 is 0 Å². The summed E-state index contributed by atoms with van der Waals surface area (Å²) in [7, 11) is 2.96. The number of halogens is 1. The Morgan fingerprint density at radius 2 is 2.05 bits per heavy atom. The van der Waals surface area contributed by atoms with Gasteiger partial charge in [0.15, 0.2) is 11.5 Å². The van der Waals surface area contributed by atoms with E-state index in [0.29, 0.717) is 33.3 Å². The lowest BCUT2D eigenvalue weighted by atomic mass is 10.0. The summed E-state index contributed by atoms with van der Waals surface area (Å²) in [5, 5.41) is 13.1. The lowest BCUT2D eigenvalue weighted by molar-refractivity contribution is 0.0652. The highest BCUT2D eigenvalue weighted by atomic mass is 35.5. The third-order valence-electron chi connectivity index (χ3n) is 2.84. The molecular formula is C13H12ClNO5. The van der Waals surface area contributed by atoms with Gasteiger partial charge in [0, 0.05) is 17.2 Å². The monoisotopic (exact) mass is 297 g/mol. The number of carboxylic acid groups (broad SMARTS) is 1. The number of hydrogen-bond acceptors (Lipinski definition) is 5. The van der Waals surface area contributed by atoms with E-state index in [0.717, 1.165) is 0 Å². The zero-order chi connectivity index (χ0) is 14.9. The fraction of sp³-hybridized carbons (Fsp3) is 0.231. The summed E-state index contributed by atoms with van der Waals surface area (Å²) >= 11 is 6.14. The molecule has 7 heteroatoms. The van der Waals surface area contributed by atoms with Gasteiger partial charge in [0.05, 0.1) is 19.8 Å². The molecule has 2 aromatic rings. The van der Waals surface area contributed by atoms with Gasteiger partial charge in [0.25, 0.3) is 0 Å². The molecule has 1 N–H and O–H groups in total. The molecule has 0 bridgehead atoms. The van der Waals surface area contributed by atoms with E-state index in [2.05, 4.69) is 5.16 Å². The molecule has 0 aliphatic rings. The topological polar surface area (TPSA) is 81.8 Å². The molecule has 106 valence electrons. The molecule has 0 saturated carbocycles. The van der Waals surface area contributed by atoms with Gasteiger partial charge in [0.2, 0.25) is 5.76 Å². The summed E-state index contributed by atoms with van der Waals surface area (Å²) in [6.45, 7) is 1.77. The molecule has 0 spiro atoms. The van der Waals surface area contributed by atoms with Crippen molar-refractivity contribution in [2.75, 3.05) is 14.2 Å². The molecule has 2 rings (SSSR count). The predicted octanol–water partition coefficient (Wildman–Crippen LogP) is 3.02. The van der Waals surface area contributed by atoms with E-state index in [4.69, 9.17) is 30.7 Å². The number of methoxy groups -OCH3 is 2. The van der Waals surface area contributed by atoms with Gasteiger partial charge < -0.3 is 19.1 Å². The van der Waals surface area contributed by atoms with Gasteiger partial charge in [-0.1, -0.05) is 16.8 Å². The van der Waals surface area contributed by atoms with Crippen molar-refractivity contribution in [1.29, 1.82) is 0 Å². The molecule has 1 aromatic heterocycles. The molecule has 6 nitrogen and oxygen atoms in total. The number of rotatable bonds is 4. The Bertz CT molecular complexity index is 665. The molecule has 20 heavy (non-hydrogen) atoms. The molecule has 0 saturated heterocycles. The van der Waals surface area contributed by atoms with Crippen molar-refractivity contribution in [3.05, 3.63) is 28.5 Å². The Morgan fingerprint density at radius 3 is 2.55 bits per heavy atom. The van der Waals surface area contributed by atoms with Crippen LogP contribution in [0.1, 0.15) is 16.1 Å². The maximum absolute atomic E-state index is 10.9. The second-order valence-corrected chi connectivity index (χ2v) is 4.38. The number of aromatic carboxylic acids is 1. The first-order valence-corrected chi connectivity index (χ1v) is 5.98. The molecule has 0 aliphatic carbocycles. The highest BCUT2D eigenvalue weighted by Crippen LogP contribution is 2.43. The van der Waals surface area contributed by atoms with Crippen LogP contribution in [0.3, 0.4) is 0 Å². The largest absolute Gasteiger partial charge is 0.493 e. The van der Waals surface area contributed by atoms with Crippen molar-refractivity contribution in [3.8, 4) is 22.8 Å². The van der Waals surface area contributed by atoms with Crippen LogP contribution in [0.2, 0.25) is 5.02 Å². The van der Waals surface area contributed by atoms with E-state index in [-0.39, 0.29) is 5.76 Å². The van der Waals surface area contributed by atoms with Crippen molar-refractivity contribution in [2.24, 2.45) is 0 Å². The van der Waals surface area contributed by atoms with Gasteiger partial charge in [-0.2, -0.15) is 0 Å². The van der Waals surface area contributed by atoms with Crippen LogP contribution < -0.4 is 9.47 Å². The quantitative estimate of drug-likeness (QED) is 0.934. The molecular weight excluding hydrogens is 286 g/mol. The first kappa shape index (κ1) is 14.2. The van der Waals surface area contributed by atoms with Crippen LogP contribution in [0.5, 0.6) is 11.5 Å². The number of hydrogen-bond donors (Lipinski definition) is 1. The van der Waals surface area contributed by atoms with Gasteiger partial charge in [-0.15, -0.1) is 0 Å². The maximum atomic E-state index is 10.9. The van der Waals surface area contributed by atoms with Crippen LogP contribution in [0.25, 0.3) is 11.3 Å². The number of carboxylic acids is 1. The van der Waals surface area contributed by atoms with Crippen LogP contribution in [0.15, 0.2) is 16.7 Å². The zero-order valence-corrected chi connectivity index (χ0v) is 11.8. The fourth-order valence-electron chi connectivity index (χ4n) is 1.86. The average molecular weight is 298 g/mol. The predicted molar refractivity (Wildman–Crippen MR) is 71.7 cm³/mol. The smallest absolute Gasteiger partial charge is 0.374 e. The first-order chi connectivity index (χ1) is 9.49. The highest BCUT2D eigenvalue weighted by molar-refractivity contribution is 6.32. The molecule has 0 amide bonds. The molecule has 0 radical (unpaired) electrons. The third kappa shape index (κ3) is 2.30. The minimum atomic E-state index is -1.20. The number of nitrogens with zero attached hydrogens (tertiary/aromatic N) is 1. The van der Waals surface area contributed by atoms with Gasteiger partial charge >= 0.3 is 5.97 Å². The summed E-state index contributed by atoms with van der Waals surface area (Å²) in [6, 6.07) is 2.93. The third-order valence-corrected chi connectivity index (χ3v) is 3.24. The standard InChI is InChI=1S/C13H12ClNO5/c1-6-7(14)4-9(18-2)12(19-3)11(6)8-5-10(13(16)17)20-15-8/h4-5H,1-3H3,(H,16,17). The molecule has 0 unspecified atom stereocenters. The van der Waals surface area contributed by atoms with E-state index in [9.17, 15) is 4.79 Å². The zero-order valence-electron chi connectivity index (χ0n) is 11.1. The van der Waals surface area contributed by atoms with Gasteiger partial charge in [-0.25, -0.2) is 4.79 Å². The van der Waals surface area contributed by atoms with Crippen LogP contribution in [0, 0.1) is 6.92 Å². The molecule has 0 aliphatic heterocycles. The minimum absolute atomic E-state index is 0.264. The summed E-state index contributed by atoms with van der Waals surface area (Å²) in [5.41, 5.74) is 1.54. The van der Waals surface area contributed by atoms with Crippen LogP contribution in [-0.4, -0.2) is 30.5 Å². The number of carbonyl (C=O) groups is 1. The summed E-state index contributed by atoms with van der Waals surface area (Å²) in [6.07, 6.45) is 0. The normalized spacial score (nSPS) is 10.4. The SMILES string of the molecule is COc1cc(Cl)c(C)c(-c2cc(C(=O)O)on2)c1OC. The van der Waals surface area contributed by atoms with E-state index in [1.54, 1.807) is 13.0 Å². The molecule has 0 atom stereocenters. The number of aromatic nitrogens is 1. The Labute approximate surface area is 119 Å². The van der Waals surface area contributed by atoms with E-state index in [1.807, 2.05) is 0 Å². The minimum Gasteiger partial charge on any atom is -0.493 e. The van der Waals surface area contributed by atoms with Crippen molar-refractivity contribution in [1.82, 2.24) is 5.16 Å². The van der Waals surface area contributed by atoms with Crippen molar-refractivity contribution >= 4 is 17.6 Å². The van der Waals surface area contributed by atoms with E-state index < -0.39 is 5.97 Å². The maximum Gasteiger partial charge on any atom is 0.374 e. The Balaban J connectivity index is 2.70. The lowest BCUT2D eigenvalue weighted by Crippen LogP contribution is -1.97. The Kier molecular flexibility index (Phi) is 3.85.